The Hall–Kier alpha value is -3.19. The molecule has 1 aliphatic heterocycles. The van der Waals surface area contributed by atoms with Crippen molar-refractivity contribution in [3.63, 3.8) is 0 Å². The van der Waals surface area contributed by atoms with Gasteiger partial charge in [-0.2, -0.15) is 5.10 Å². The van der Waals surface area contributed by atoms with Crippen molar-refractivity contribution >= 4 is 29.0 Å². The van der Waals surface area contributed by atoms with Crippen LogP contribution in [0.15, 0.2) is 59.8 Å². The molecular weight excluding hydrogens is 395 g/mol. The Bertz CT molecular complexity index is 1080. The zero-order chi connectivity index (χ0) is 20.4. The molecule has 1 amide bonds. The standard InChI is InChI=1S/C21H18ClFN4O2/c1-13-9-20(25-27(13)12-14-3-2-4-16(22)10-14)24-21(28)19-11-18(26-29-19)15-5-7-17(23)8-6-15/h2-10,19H,11-12H2,1H3,(H,24,25,28). The molecular formula is C21H18ClFN4O2. The molecule has 0 fully saturated rings. The maximum atomic E-state index is 13.1. The highest BCUT2D eigenvalue weighted by Gasteiger charge is 2.29. The maximum Gasteiger partial charge on any atom is 0.269 e. The molecule has 1 aliphatic rings. The van der Waals surface area contributed by atoms with Gasteiger partial charge in [0.15, 0.2) is 5.82 Å². The number of benzene rings is 2. The van der Waals surface area contributed by atoms with Crippen LogP contribution >= 0.6 is 11.6 Å². The molecule has 8 heteroatoms. The van der Waals surface area contributed by atoms with E-state index in [2.05, 4.69) is 15.6 Å². The molecule has 148 valence electrons. The fraction of sp³-hybridized carbons (Fsp3) is 0.190. The van der Waals surface area contributed by atoms with Gasteiger partial charge in [0, 0.05) is 23.2 Å². The second-order valence-corrected chi connectivity index (χ2v) is 7.23. The SMILES string of the molecule is Cc1cc(NC(=O)C2CC(c3ccc(F)cc3)=NO2)nn1Cc1cccc(Cl)c1. The van der Waals surface area contributed by atoms with Crippen LogP contribution in [0.4, 0.5) is 10.2 Å². The summed E-state index contributed by atoms with van der Waals surface area (Å²) in [5.41, 5.74) is 3.24. The predicted molar refractivity (Wildman–Crippen MR) is 109 cm³/mol. The zero-order valence-corrected chi connectivity index (χ0v) is 16.4. The number of anilines is 1. The quantitative estimate of drug-likeness (QED) is 0.684. The van der Waals surface area contributed by atoms with E-state index in [1.807, 2.05) is 31.2 Å². The molecule has 6 nitrogen and oxygen atoms in total. The van der Waals surface area contributed by atoms with Crippen LogP contribution in [-0.4, -0.2) is 27.5 Å². The third-order valence-electron chi connectivity index (χ3n) is 4.59. The fourth-order valence-electron chi connectivity index (χ4n) is 3.08. The second-order valence-electron chi connectivity index (χ2n) is 6.79. The van der Waals surface area contributed by atoms with Crippen molar-refractivity contribution in [2.75, 3.05) is 5.32 Å². The Kier molecular flexibility index (Phi) is 5.31. The first-order valence-corrected chi connectivity index (χ1v) is 9.44. The highest BCUT2D eigenvalue weighted by Crippen LogP contribution is 2.19. The normalized spacial score (nSPS) is 15.7. The summed E-state index contributed by atoms with van der Waals surface area (Å²) in [6, 6.07) is 15.2. The minimum atomic E-state index is -0.756. The summed E-state index contributed by atoms with van der Waals surface area (Å²) >= 11 is 6.03. The first-order valence-electron chi connectivity index (χ1n) is 9.06. The number of nitrogens with one attached hydrogen (secondary N) is 1. The van der Waals surface area contributed by atoms with Crippen molar-refractivity contribution in [3.05, 3.63) is 82.3 Å². The summed E-state index contributed by atoms with van der Waals surface area (Å²) in [5, 5.41) is 11.8. The van der Waals surface area contributed by atoms with E-state index in [0.29, 0.717) is 29.5 Å². The molecule has 3 aromatic rings. The first kappa shape index (κ1) is 19.1. The molecule has 1 aromatic heterocycles. The lowest BCUT2D eigenvalue weighted by Crippen LogP contribution is -2.28. The number of amides is 1. The topological polar surface area (TPSA) is 68.5 Å². The molecule has 0 saturated heterocycles. The summed E-state index contributed by atoms with van der Waals surface area (Å²) in [7, 11) is 0. The Balaban J connectivity index is 1.38. The van der Waals surface area contributed by atoms with E-state index in [4.69, 9.17) is 16.4 Å². The van der Waals surface area contributed by atoms with Gasteiger partial charge in [0.2, 0.25) is 6.10 Å². The Morgan fingerprint density at radius 3 is 2.83 bits per heavy atom. The zero-order valence-electron chi connectivity index (χ0n) is 15.6. The third-order valence-corrected chi connectivity index (χ3v) is 4.83. The number of hydrogen-bond donors (Lipinski definition) is 1. The number of rotatable bonds is 5. The van der Waals surface area contributed by atoms with E-state index < -0.39 is 6.10 Å². The summed E-state index contributed by atoms with van der Waals surface area (Å²) in [6.45, 7) is 2.45. The Labute approximate surface area is 171 Å². The van der Waals surface area contributed by atoms with Crippen LogP contribution in [0, 0.1) is 12.7 Å². The fourth-order valence-corrected chi connectivity index (χ4v) is 3.29. The third kappa shape index (κ3) is 4.46. The minimum absolute atomic E-state index is 0.305. The van der Waals surface area contributed by atoms with Gasteiger partial charge in [0.05, 0.1) is 12.3 Å². The molecule has 0 spiro atoms. The number of carbonyl (C=O) groups is 1. The average Bonchev–Trinajstić information content (AvgIpc) is 3.30. The van der Waals surface area contributed by atoms with E-state index >= 15 is 0 Å². The van der Waals surface area contributed by atoms with E-state index in [0.717, 1.165) is 16.8 Å². The molecule has 1 atom stereocenters. The van der Waals surface area contributed by atoms with E-state index in [-0.39, 0.29) is 11.7 Å². The van der Waals surface area contributed by atoms with Crippen LogP contribution in [-0.2, 0) is 16.2 Å². The number of oxime groups is 1. The molecule has 2 aromatic carbocycles. The van der Waals surface area contributed by atoms with Gasteiger partial charge in [-0.3, -0.25) is 9.48 Å². The van der Waals surface area contributed by atoms with Crippen molar-refractivity contribution in [2.45, 2.75) is 26.0 Å². The Morgan fingerprint density at radius 2 is 2.07 bits per heavy atom. The second kappa shape index (κ2) is 8.05. The summed E-state index contributed by atoms with van der Waals surface area (Å²) in [5.74, 6) is -0.224. The van der Waals surface area contributed by atoms with Crippen molar-refractivity contribution in [3.8, 4) is 0 Å². The van der Waals surface area contributed by atoms with Crippen LogP contribution in [0.5, 0.6) is 0 Å². The van der Waals surface area contributed by atoms with Crippen LogP contribution in [0.3, 0.4) is 0 Å². The van der Waals surface area contributed by atoms with Crippen molar-refractivity contribution < 1.29 is 14.0 Å². The summed E-state index contributed by atoms with van der Waals surface area (Å²) in [4.78, 5) is 17.8. The molecule has 0 radical (unpaired) electrons. The van der Waals surface area contributed by atoms with Gasteiger partial charge >= 0.3 is 0 Å². The lowest BCUT2D eigenvalue weighted by molar-refractivity contribution is -0.125. The van der Waals surface area contributed by atoms with E-state index in [1.165, 1.54) is 12.1 Å². The summed E-state index contributed by atoms with van der Waals surface area (Å²) in [6.07, 6.45) is -0.451. The monoisotopic (exact) mass is 412 g/mol. The van der Waals surface area contributed by atoms with Crippen molar-refractivity contribution in [1.29, 1.82) is 0 Å². The smallest absolute Gasteiger partial charge is 0.269 e. The van der Waals surface area contributed by atoms with Crippen LogP contribution < -0.4 is 5.32 Å². The molecule has 4 rings (SSSR count). The van der Waals surface area contributed by atoms with Gasteiger partial charge < -0.3 is 10.2 Å². The number of carbonyl (C=O) groups excluding carboxylic acids is 1. The van der Waals surface area contributed by atoms with Crippen molar-refractivity contribution in [1.82, 2.24) is 9.78 Å². The molecule has 29 heavy (non-hydrogen) atoms. The number of aryl methyl sites for hydroxylation is 1. The van der Waals surface area contributed by atoms with Crippen LogP contribution in [0.2, 0.25) is 5.02 Å². The molecule has 0 saturated carbocycles. The molecule has 1 unspecified atom stereocenters. The van der Waals surface area contributed by atoms with Crippen LogP contribution in [0.25, 0.3) is 0 Å². The number of nitrogens with zero attached hydrogens (tertiary/aromatic N) is 3. The van der Waals surface area contributed by atoms with Gasteiger partial charge in [-0.05, 0) is 42.3 Å². The number of aromatic nitrogens is 2. The van der Waals surface area contributed by atoms with Gasteiger partial charge in [0.1, 0.15) is 5.82 Å². The van der Waals surface area contributed by atoms with Gasteiger partial charge in [-0.1, -0.05) is 41.0 Å². The molecule has 0 aliphatic carbocycles. The number of hydrogen-bond acceptors (Lipinski definition) is 4. The summed E-state index contributed by atoms with van der Waals surface area (Å²) < 4.78 is 14.9. The predicted octanol–water partition coefficient (Wildman–Crippen LogP) is 4.16. The van der Waals surface area contributed by atoms with E-state index in [1.54, 1.807) is 22.9 Å². The van der Waals surface area contributed by atoms with Gasteiger partial charge in [0.25, 0.3) is 5.91 Å². The van der Waals surface area contributed by atoms with Gasteiger partial charge in [-0.25, -0.2) is 4.39 Å². The highest BCUT2D eigenvalue weighted by molar-refractivity contribution is 6.30. The Morgan fingerprint density at radius 1 is 1.28 bits per heavy atom. The highest BCUT2D eigenvalue weighted by atomic mass is 35.5. The largest absolute Gasteiger partial charge is 0.382 e. The lowest BCUT2D eigenvalue weighted by Gasteiger charge is -2.07. The molecule has 0 bridgehead atoms. The lowest BCUT2D eigenvalue weighted by atomic mass is 10.0. The number of halogens is 2. The van der Waals surface area contributed by atoms with Crippen molar-refractivity contribution in [2.24, 2.45) is 5.16 Å². The molecule has 1 N–H and O–H groups in total. The first-order chi connectivity index (χ1) is 14.0. The van der Waals surface area contributed by atoms with E-state index in [9.17, 15) is 9.18 Å². The van der Waals surface area contributed by atoms with Crippen LogP contribution in [0.1, 0.15) is 23.2 Å². The average molecular weight is 413 g/mol. The molecule has 2 heterocycles. The maximum absolute atomic E-state index is 13.1. The minimum Gasteiger partial charge on any atom is -0.382 e. The van der Waals surface area contributed by atoms with Gasteiger partial charge in [-0.15, -0.1) is 0 Å².